The molecule has 20 heavy (non-hydrogen) atoms. The van der Waals surface area contributed by atoms with Crippen molar-refractivity contribution in [2.75, 3.05) is 6.61 Å². The van der Waals surface area contributed by atoms with Gasteiger partial charge in [0.25, 0.3) is 0 Å². The van der Waals surface area contributed by atoms with Crippen molar-refractivity contribution < 1.29 is 9.63 Å². The minimum atomic E-state index is -0.659. The molecule has 1 atom stereocenters. The van der Waals surface area contributed by atoms with Crippen LogP contribution in [0, 0.1) is 5.92 Å². The molecule has 6 nitrogen and oxygen atoms in total. The number of nitrogens with one attached hydrogen (secondary N) is 2. The highest BCUT2D eigenvalue weighted by Crippen LogP contribution is 2.33. The van der Waals surface area contributed by atoms with E-state index in [1.807, 2.05) is 6.20 Å². The zero-order valence-electron chi connectivity index (χ0n) is 11.8. The van der Waals surface area contributed by atoms with Crippen LogP contribution in [0.15, 0.2) is 12.5 Å². The Balaban J connectivity index is 1.82. The van der Waals surface area contributed by atoms with Gasteiger partial charge in [-0.05, 0) is 18.8 Å². The molecular weight excluding hydrogens is 256 g/mol. The number of aromatic nitrogens is 2. The number of hydroxylamine groups is 1. The Morgan fingerprint density at radius 3 is 2.95 bits per heavy atom. The third kappa shape index (κ3) is 4.85. The predicted molar refractivity (Wildman–Crippen MR) is 75.8 cm³/mol. The lowest BCUT2D eigenvalue weighted by atomic mass is 9.81. The summed E-state index contributed by atoms with van der Waals surface area (Å²) in [6.07, 6.45) is 12.3. The van der Waals surface area contributed by atoms with Crippen LogP contribution in [0.1, 0.15) is 56.6 Å². The van der Waals surface area contributed by atoms with E-state index in [0.717, 1.165) is 24.5 Å². The standard InChI is InChI=1S/C14H24N4O2/c15-14(19)18-20-7-6-12(13-9-16-10-17-13)8-11-4-2-1-3-5-11/h9-12H,1-8H2,(H,16,17)(H3,15,18,19). The Labute approximate surface area is 119 Å². The van der Waals surface area contributed by atoms with E-state index in [9.17, 15) is 4.79 Å². The molecule has 0 radical (unpaired) electrons. The van der Waals surface area contributed by atoms with Gasteiger partial charge < -0.3 is 10.7 Å². The van der Waals surface area contributed by atoms with Crippen molar-refractivity contribution >= 4 is 6.03 Å². The normalized spacial score (nSPS) is 17.8. The number of aromatic amines is 1. The smallest absolute Gasteiger partial charge is 0.336 e. The van der Waals surface area contributed by atoms with E-state index in [1.165, 1.54) is 32.1 Å². The molecule has 112 valence electrons. The lowest BCUT2D eigenvalue weighted by Gasteiger charge is -2.25. The number of carbonyl (C=O) groups excluding carboxylic acids is 1. The number of imidazole rings is 1. The number of carbonyl (C=O) groups is 1. The van der Waals surface area contributed by atoms with Crippen molar-refractivity contribution in [2.24, 2.45) is 11.7 Å². The molecule has 1 aliphatic rings. The average molecular weight is 280 g/mol. The highest BCUT2D eigenvalue weighted by molar-refractivity contribution is 5.70. The van der Waals surface area contributed by atoms with Crippen molar-refractivity contribution in [3.63, 3.8) is 0 Å². The molecule has 1 aliphatic carbocycles. The maximum absolute atomic E-state index is 10.6. The number of hydrogen-bond donors (Lipinski definition) is 3. The molecule has 1 saturated carbocycles. The first-order chi connectivity index (χ1) is 9.75. The molecule has 0 aromatic carbocycles. The summed E-state index contributed by atoms with van der Waals surface area (Å²) in [4.78, 5) is 23.0. The van der Waals surface area contributed by atoms with E-state index in [-0.39, 0.29) is 0 Å². The van der Waals surface area contributed by atoms with Gasteiger partial charge in [0.2, 0.25) is 0 Å². The Hall–Kier alpha value is -1.56. The van der Waals surface area contributed by atoms with E-state index < -0.39 is 6.03 Å². The van der Waals surface area contributed by atoms with E-state index in [2.05, 4.69) is 15.4 Å². The minimum Gasteiger partial charge on any atom is -0.351 e. The first-order valence-electron chi connectivity index (χ1n) is 7.41. The summed E-state index contributed by atoms with van der Waals surface area (Å²) in [5.74, 6) is 1.16. The number of amides is 2. The van der Waals surface area contributed by atoms with Crippen molar-refractivity contribution in [3.8, 4) is 0 Å². The predicted octanol–water partition coefficient (Wildman–Crippen LogP) is 2.45. The van der Waals surface area contributed by atoms with Crippen LogP contribution in [0.4, 0.5) is 4.79 Å². The van der Waals surface area contributed by atoms with Crippen molar-refractivity contribution in [2.45, 2.75) is 50.9 Å². The van der Waals surface area contributed by atoms with Gasteiger partial charge >= 0.3 is 6.03 Å². The highest BCUT2D eigenvalue weighted by atomic mass is 16.7. The summed E-state index contributed by atoms with van der Waals surface area (Å²) in [5.41, 5.74) is 8.20. The molecule has 1 aromatic rings. The number of nitrogens with zero attached hydrogens (tertiary/aromatic N) is 1. The molecule has 0 bridgehead atoms. The SMILES string of the molecule is NC(=O)NOCCC(CC1CCCCC1)c1c[nH]cn1. The van der Waals surface area contributed by atoms with Gasteiger partial charge in [0.05, 0.1) is 18.6 Å². The van der Waals surface area contributed by atoms with Crippen LogP contribution in [0.3, 0.4) is 0 Å². The summed E-state index contributed by atoms with van der Waals surface area (Å²) in [7, 11) is 0. The summed E-state index contributed by atoms with van der Waals surface area (Å²) in [5, 5.41) is 0. The lowest BCUT2D eigenvalue weighted by molar-refractivity contribution is 0.0578. The second-order valence-electron chi connectivity index (χ2n) is 5.53. The first kappa shape index (κ1) is 14.8. The Morgan fingerprint density at radius 1 is 1.50 bits per heavy atom. The van der Waals surface area contributed by atoms with Gasteiger partial charge in [-0.2, -0.15) is 0 Å². The number of H-pyrrole nitrogens is 1. The van der Waals surface area contributed by atoms with Crippen LogP contribution in [-0.2, 0) is 4.84 Å². The Morgan fingerprint density at radius 2 is 2.30 bits per heavy atom. The van der Waals surface area contributed by atoms with Crippen LogP contribution in [0.2, 0.25) is 0 Å². The lowest BCUT2D eigenvalue weighted by Crippen LogP contribution is -2.30. The van der Waals surface area contributed by atoms with Crippen molar-refractivity contribution in [3.05, 3.63) is 18.2 Å². The zero-order chi connectivity index (χ0) is 14.2. The summed E-state index contributed by atoms with van der Waals surface area (Å²) < 4.78 is 0. The second kappa shape index (κ2) is 7.89. The number of nitrogens with two attached hydrogens (primary N) is 1. The van der Waals surface area contributed by atoms with Gasteiger partial charge in [-0.25, -0.2) is 15.3 Å². The summed E-state index contributed by atoms with van der Waals surface area (Å²) >= 11 is 0. The molecule has 1 fully saturated rings. The molecule has 2 rings (SSSR count). The third-order valence-electron chi connectivity index (χ3n) is 4.02. The van der Waals surface area contributed by atoms with Crippen molar-refractivity contribution in [1.29, 1.82) is 0 Å². The zero-order valence-corrected chi connectivity index (χ0v) is 11.8. The van der Waals surface area contributed by atoms with Gasteiger partial charge in [0.1, 0.15) is 0 Å². The average Bonchev–Trinajstić information content (AvgIpc) is 2.97. The number of rotatable bonds is 7. The molecule has 1 heterocycles. The van der Waals surface area contributed by atoms with Crippen molar-refractivity contribution in [1.82, 2.24) is 15.4 Å². The van der Waals surface area contributed by atoms with Gasteiger partial charge in [0, 0.05) is 12.1 Å². The fourth-order valence-corrected chi connectivity index (χ4v) is 3.03. The molecule has 1 unspecified atom stereocenters. The molecule has 1 aromatic heterocycles. The summed E-state index contributed by atoms with van der Waals surface area (Å²) in [6, 6.07) is -0.659. The van der Waals surface area contributed by atoms with Gasteiger partial charge in [0.15, 0.2) is 0 Å². The molecule has 6 heteroatoms. The van der Waals surface area contributed by atoms with Gasteiger partial charge in [-0.3, -0.25) is 4.84 Å². The molecule has 0 spiro atoms. The van der Waals surface area contributed by atoms with Crippen LogP contribution in [0.25, 0.3) is 0 Å². The van der Waals surface area contributed by atoms with E-state index >= 15 is 0 Å². The fraction of sp³-hybridized carbons (Fsp3) is 0.714. The van der Waals surface area contributed by atoms with E-state index in [1.54, 1.807) is 6.33 Å². The quantitative estimate of drug-likeness (QED) is 0.529. The maximum atomic E-state index is 10.6. The number of urea groups is 1. The monoisotopic (exact) mass is 280 g/mol. The van der Waals surface area contributed by atoms with E-state index in [4.69, 9.17) is 10.6 Å². The maximum Gasteiger partial charge on any atom is 0.336 e. The highest BCUT2D eigenvalue weighted by Gasteiger charge is 2.21. The second-order valence-corrected chi connectivity index (χ2v) is 5.53. The molecule has 4 N–H and O–H groups in total. The molecule has 0 aliphatic heterocycles. The van der Waals surface area contributed by atoms with E-state index in [0.29, 0.717) is 12.5 Å². The fourth-order valence-electron chi connectivity index (χ4n) is 3.03. The number of primary amides is 1. The largest absolute Gasteiger partial charge is 0.351 e. The molecular formula is C14H24N4O2. The topological polar surface area (TPSA) is 93.0 Å². The van der Waals surface area contributed by atoms with Crippen LogP contribution >= 0.6 is 0 Å². The minimum absolute atomic E-state index is 0.374. The Bertz CT molecular complexity index is 388. The Kier molecular flexibility index (Phi) is 5.86. The van der Waals surface area contributed by atoms with Gasteiger partial charge in [-0.15, -0.1) is 0 Å². The molecule has 2 amide bonds. The first-order valence-corrected chi connectivity index (χ1v) is 7.41. The number of hydrogen-bond acceptors (Lipinski definition) is 3. The summed E-state index contributed by atoms with van der Waals surface area (Å²) in [6.45, 7) is 0.452. The van der Waals surface area contributed by atoms with Crippen LogP contribution < -0.4 is 11.2 Å². The van der Waals surface area contributed by atoms with Crippen LogP contribution in [-0.4, -0.2) is 22.6 Å². The molecule has 0 saturated heterocycles. The van der Waals surface area contributed by atoms with Gasteiger partial charge in [-0.1, -0.05) is 32.1 Å². The van der Waals surface area contributed by atoms with Crippen LogP contribution in [0.5, 0.6) is 0 Å². The third-order valence-corrected chi connectivity index (χ3v) is 4.02.